The normalized spacial score (nSPS) is 18.5. The summed E-state index contributed by atoms with van der Waals surface area (Å²) in [4.78, 5) is 36.5. The highest BCUT2D eigenvalue weighted by atomic mass is 35.5. The van der Waals surface area contributed by atoms with Gasteiger partial charge in [0.1, 0.15) is 0 Å². The van der Waals surface area contributed by atoms with Gasteiger partial charge < -0.3 is 15.4 Å². The van der Waals surface area contributed by atoms with Crippen LogP contribution in [-0.2, 0) is 4.74 Å². The third kappa shape index (κ3) is 5.03. The van der Waals surface area contributed by atoms with Crippen LogP contribution in [0.15, 0.2) is 36.7 Å². The van der Waals surface area contributed by atoms with Crippen LogP contribution < -0.4 is 10.6 Å². The van der Waals surface area contributed by atoms with Gasteiger partial charge in [0.2, 0.25) is 0 Å². The summed E-state index contributed by atoms with van der Waals surface area (Å²) in [5, 5.41) is 6.32. The van der Waals surface area contributed by atoms with Gasteiger partial charge in [-0.3, -0.25) is 14.5 Å². The Morgan fingerprint density at radius 3 is 2.26 bits per heavy atom. The van der Waals surface area contributed by atoms with E-state index in [0.717, 1.165) is 25.9 Å². The van der Waals surface area contributed by atoms with Crippen LogP contribution in [0.1, 0.15) is 46.7 Å². The minimum atomic E-state index is -0.499. The molecule has 2 aliphatic heterocycles. The van der Waals surface area contributed by atoms with Gasteiger partial charge in [0.25, 0.3) is 11.8 Å². The molecule has 0 atom stereocenters. The molecule has 3 heterocycles. The molecular formula is C22H26ClN5O3. The van der Waals surface area contributed by atoms with Crippen LogP contribution in [0.2, 0.25) is 5.02 Å². The lowest BCUT2D eigenvalue weighted by atomic mass is 9.88. The summed E-state index contributed by atoms with van der Waals surface area (Å²) < 4.78 is 5.57. The lowest BCUT2D eigenvalue weighted by Crippen LogP contribution is -2.57. The van der Waals surface area contributed by atoms with Crippen molar-refractivity contribution >= 4 is 29.1 Å². The minimum Gasteiger partial charge on any atom is -0.381 e. The highest BCUT2D eigenvalue weighted by Gasteiger charge is 2.40. The highest BCUT2D eigenvalue weighted by Crippen LogP contribution is 2.30. The van der Waals surface area contributed by atoms with Gasteiger partial charge in [-0.15, -0.1) is 0 Å². The highest BCUT2D eigenvalue weighted by molar-refractivity contribution is 6.30. The van der Waals surface area contributed by atoms with Crippen molar-refractivity contribution in [3.05, 3.63) is 53.1 Å². The van der Waals surface area contributed by atoms with E-state index in [1.165, 1.54) is 25.2 Å². The van der Waals surface area contributed by atoms with Crippen molar-refractivity contribution < 1.29 is 14.3 Å². The molecule has 0 saturated carbocycles. The van der Waals surface area contributed by atoms with Gasteiger partial charge in [0, 0.05) is 48.4 Å². The van der Waals surface area contributed by atoms with E-state index in [1.54, 1.807) is 24.3 Å². The van der Waals surface area contributed by atoms with E-state index < -0.39 is 11.8 Å². The first-order valence-electron chi connectivity index (χ1n) is 10.6. The average molecular weight is 444 g/mol. The molecule has 0 aliphatic carbocycles. The number of amides is 2. The van der Waals surface area contributed by atoms with Gasteiger partial charge in [-0.05, 0) is 63.0 Å². The van der Waals surface area contributed by atoms with Crippen LogP contribution in [0.3, 0.4) is 0 Å². The SMILES string of the molecule is O=C(NCC1(N2CCCC2)CCOCC1)c1nccnc1C(=O)Nc1ccc(Cl)cc1. The van der Waals surface area contributed by atoms with Crippen LogP contribution in [-0.4, -0.2) is 65.1 Å². The number of carbonyl (C=O) groups excluding carboxylic acids is 2. The molecule has 0 radical (unpaired) electrons. The third-order valence-corrected chi connectivity index (χ3v) is 6.26. The number of halogens is 1. The van der Waals surface area contributed by atoms with Crippen molar-refractivity contribution in [3.63, 3.8) is 0 Å². The molecule has 2 amide bonds. The van der Waals surface area contributed by atoms with Crippen LogP contribution in [0.5, 0.6) is 0 Å². The molecule has 4 rings (SSSR count). The maximum absolute atomic E-state index is 13.0. The molecule has 164 valence electrons. The van der Waals surface area contributed by atoms with E-state index in [-0.39, 0.29) is 16.9 Å². The molecular weight excluding hydrogens is 418 g/mol. The van der Waals surface area contributed by atoms with Crippen molar-refractivity contribution in [1.82, 2.24) is 20.2 Å². The predicted octanol–water partition coefficient (Wildman–Crippen LogP) is 2.76. The molecule has 0 unspecified atom stereocenters. The van der Waals surface area contributed by atoms with Gasteiger partial charge in [-0.1, -0.05) is 11.6 Å². The van der Waals surface area contributed by atoms with E-state index in [1.807, 2.05) is 0 Å². The van der Waals surface area contributed by atoms with Gasteiger partial charge in [-0.2, -0.15) is 0 Å². The van der Waals surface area contributed by atoms with Gasteiger partial charge in [0.15, 0.2) is 11.4 Å². The fourth-order valence-corrected chi connectivity index (χ4v) is 4.40. The number of ether oxygens (including phenoxy) is 1. The van der Waals surface area contributed by atoms with Gasteiger partial charge >= 0.3 is 0 Å². The smallest absolute Gasteiger partial charge is 0.276 e. The summed E-state index contributed by atoms with van der Waals surface area (Å²) in [6, 6.07) is 6.71. The van der Waals surface area contributed by atoms with Crippen molar-refractivity contribution in [2.75, 3.05) is 38.2 Å². The molecule has 2 fully saturated rings. The zero-order valence-electron chi connectivity index (χ0n) is 17.3. The molecule has 0 spiro atoms. The van der Waals surface area contributed by atoms with Crippen molar-refractivity contribution in [3.8, 4) is 0 Å². The Morgan fingerprint density at radius 1 is 1.00 bits per heavy atom. The first kappa shape index (κ1) is 21.7. The number of rotatable bonds is 6. The standard InChI is InChI=1S/C22H26ClN5O3/c23-16-3-5-17(6-4-16)27-21(30)19-18(24-9-10-25-19)20(29)26-15-22(7-13-31-14-8-22)28-11-1-2-12-28/h3-6,9-10H,1-2,7-8,11-15H2,(H,26,29)(H,27,30). The van der Waals surface area contributed by atoms with Crippen molar-refractivity contribution in [1.29, 1.82) is 0 Å². The molecule has 1 aromatic carbocycles. The second-order valence-electron chi connectivity index (χ2n) is 7.93. The summed E-state index contributed by atoms with van der Waals surface area (Å²) in [6.07, 6.45) is 6.91. The van der Waals surface area contributed by atoms with Crippen LogP contribution in [0.4, 0.5) is 5.69 Å². The van der Waals surface area contributed by atoms with E-state index in [4.69, 9.17) is 16.3 Å². The third-order valence-electron chi connectivity index (χ3n) is 6.01. The zero-order valence-corrected chi connectivity index (χ0v) is 18.0. The number of carbonyl (C=O) groups is 2. The molecule has 2 saturated heterocycles. The summed E-state index contributed by atoms with van der Waals surface area (Å²) >= 11 is 5.89. The summed E-state index contributed by atoms with van der Waals surface area (Å²) in [7, 11) is 0. The molecule has 0 bridgehead atoms. The van der Waals surface area contributed by atoms with Crippen molar-refractivity contribution in [2.24, 2.45) is 0 Å². The van der Waals surface area contributed by atoms with Crippen LogP contribution in [0, 0.1) is 0 Å². The summed E-state index contributed by atoms with van der Waals surface area (Å²) in [5.74, 6) is -0.902. The topological polar surface area (TPSA) is 96.5 Å². The van der Waals surface area contributed by atoms with Crippen LogP contribution >= 0.6 is 11.6 Å². The number of hydrogen-bond donors (Lipinski definition) is 2. The molecule has 8 nitrogen and oxygen atoms in total. The molecule has 2 N–H and O–H groups in total. The molecule has 1 aromatic heterocycles. The number of nitrogens with zero attached hydrogens (tertiary/aromatic N) is 3. The number of benzene rings is 1. The Hall–Kier alpha value is -2.55. The second-order valence-corrected chi connectivity index (χ2v) is 8.36. The molecule has 2 aromatic rings. The zero-order chi connectivity index (χ0) is 21.7. The molecule has 31 heavy (non-hydrogen) atoms. The largest absolute Gasteiger partial charge is 0.381 e. The summed E-state index contributed by atoms with van der Waals surface area (Å²) in [5.41, 5.74) is 0.439. The van der Waals surface area contributed by atoms with Gasteiger partial charge in [-0.25, -0.2) is 9.97 Å². The lowest BCUT2D eigenvalue weighted by molar-refractivity contribution is -0.0178. The number of aromatic nitrogens is 2. The van der Waals surface area contributed by atoms with Crippen LogP contribution in [0.25, 0.3) is 0 Å². The fourth-order valence-electron chi connectivity index (χ4n) is 4.27. The molecule has 9 heteroatoms. The monoisotopic (exact) mass is 443 g/mol. The first-order chi connectivity index (χ1) is 15.1. The summed E-state index contributed by atoms with van der Waals surface area (Å²) in [6.45, 7) is 3.94. The molecule has 2 aliphatic rings. The maximum Gasteiger partial charge on any atom is 0.276 e. The Balaban J connectivity index is 1.47. The maximum atomic E-state index is 13.0. The lowest BCUT2D eigenvalue weighted by Gasteiger charge is -2.44. The Labute approximate surface area is 186 Å². The van der Waals surface area contributed by atoms with Crippen molar-refractivity contribution in [2.45, 2.75) is 31.2 Å². The number of likely N-dealkylation sites (tertiary alicyclic amines) is 1. The van der Waals surface area contributed by atoms with E-state index in [2.05, 4.69) is 25.5 Å². The number of anilines is 1. The number of hydrogen-bond acceptors (Lipinski definition) is 6. The van der Waals surface area contributed by atoms with Gasteiger partial charge in [0.05, 0.1) is 0 Å². The van der Waals surface area contributed by atoms with E-state index in [0.29, 0.717) is 30.5 Å². The number of nitrogens with one attached hydrogen (secondary N) is 2. The van der Waals surface area contributed by atoms with E-state index >= 15 is 0 Å². The fraction of sp³-hybridized carbons (Fsp3) is 0.455. The average Bonchev–Trinajstić information content (AvgIpc) is 3.35. The predicted molar refractivity (Wildman–Crippen MR) is 117 cm³/mol. The van der Waals surface area contributed by atoms with E-state index in [9.17, 15) is 9.59 Å². The quantitative estimate of drug-likeness (QED) is 0.712. The second kappa shape index (κ2) is 9.72. The Bertz CT molecular complexity index is 925. The minimum absolute atomic E-state index is 0.0117. The Kier molecular flexibility index (Phi) is 6.80. The Morgan fingerprint density at radius 2 is 1.61 bits per heavy atom. The first-order valence-corrected chi connectivity index (χ1v) is 10.9.